The summed E-state index contributed by atoms with van der Waals surface area (Å²) in [6.45, 7) is 6.37. The highest BCUT2D eigenvalue weighted by Crippen LogP contribution is 2.18. The Morgan fingerprint density at radius 1 is 1.32 bits per heavy atom. The van der Waals surface area contributed by atoms with Gasteiger partial charge in [0, 0.05) is 24.5 Å². The molecule has 0 bridgehead atoms. The molecule has 0 saturated carbocycles. The molecule has 2 aromatic rings. The molecular weight excluding hydrogens is 240 g/mol. The van der Waals surface area contributed by atoms with Crippen molar-refractivity contribution in [2.45, 2.75) is 40.2 Å². The van der Waals surface area contributed by atoms with E-state index < -0.39 is 0 Å². The van der Waals surface area contributed by atoms with E-state index in [1.54, 1.807) is 11.6 Å². The highest BCUT2D eigenvalue weighted by Gasteiger charge is 2.19. The van der Waals surface area contributed by atoms with Crippen molar-refractivity contribution in [2.75, 3.05) is 0 Å². The molecular formula is C14H20N4O. The second kappa shape index (κ2) is 5.38. The number of rotatable bonds is 5. The SMILES string of the molecule is CCc1nn(Cc2cnn(C)c2)c(CC)c1C(C)=O. The summed E-state index contributed by atoms with van der Waals surface area (Å²) in [5.74, 6) is 0.103. The molecule has 0 spiro atoms. The summed E-state index contributed by atoms with van der Waals surface area (Å²) in [6, 6.07) is 0. The average Bonchev–Trinajstić information content (AvgIpc) is 2.93. The van der Waals surface area contributed by atoms with Gasteiger partial charge in [-0.1, -0.05) is 13.8 Å². The number of carbonyl (C=O) groups excluding carboxylic acids is 1. The summed E-state index contributed by atoms with van der Waals surface area (Å²) >= 11 is 0. The second-order valence-corrected chi connectivity index (χ2v) is 4.71. The third-order valence-corrected chi connectivity index (χ3v) is 3.24. The predicted molar refractivity (Wildman–Crippen MR) is 73.3 cm³/mol. The van der Waals surface area contributed by atoms with E-state index in [1.807, 2.05) is 31.0 Å². The van der Waals surface area contributed by atoms with Crippen LogP contribution in [0, 0.1) is 0 Å². The summed E-state index contributed by atoms with van der Waals surface area (Å²) in [6.07, 6.45) is 5.39. The van der Waals surface area contributed by atoms with Gasteiger partial charge in [-0.15, -0.1) is 0 Å². The van der Waals surface area contributed by atoms with Gasteiger partial charge in [0.15, 0.2) is 5.78 Å². The van der Waals surface area contributed by atoms with Crippen molar-refractivity contribution >= 4 is 5.78 Å². The fraction of sp³-hybridized carbons (Fsp3) is 0.500. The molecule has 0 amide bonds. The lowest BCUT2D eigenvalue weighted by atomic mass is 10.1. The van der Waals surface area contributed by atoms with E-state index in [0.29, 0.717) is 6.54 Å². The van der Waals surface area contributed by atoms with Crippen LogP contribution < -0.4 is 0 Å². The van der Waals surface area contributed by atoms with Crippen LogP contribution in [0.4, 0.5) is 0 Å². The smallest absolute Gasteiger partial charge is 0.163 e. The van der Waals surface area contributed by atoms with Crippen molar-refractivity contribution in [3.05, 3.63) is 34.9 Å². The normalized spacial score (nSPS) is 10.9. The summed E-state index contributed by atoms with van der Waals surface area (Å²) in [7, 11) is 1.89. The molecule has 0 aliphatic heterocycles. The number of hydrogen-bond donors (Lipinski definition) is 0. The fourth-order valence-electron chi connectivity index (χ4n) is 2.42. The topological polar surface area (TPSA) is 52.7 Å². The Bertz CT molecular complexity index is 595. The van der Waals surface area contributed by atoms with Gasteiger partial charge in [-0.25, -0.2) is 0 Å². The van der Waals surface area contributed by atoms with Crippen molar-refractivity contribution in [3.8, 4) is 0 Å². The first kappa shape index (κ1) is 13.5. The Balaban J connectivity index is 2.42. The van der Waals surface area contributed by atoms with E-state index in [9.17, 15) is 4.79 Å². The van der Waals surface area contributed by atoms with E-state index in [0.717, 1.165) is 35.4 Å². The van der Waals surface area contributed by atoms with E-state index >= 15 is 0 Å². The summed E-state index contributed by atoms with van der Waals surface area (Å²) in [5, 5.41) is 8.75. The maximum absolute atomic E-state index is 11.8. The lowest BCUT2D eigenvalue weighted by Gasteiger charge is -2.05. The van der Waals surface area contributed by atoms with Gasteiger partial charge in [-0.2, -0.15) is 10.2 Å². The standard InChI is InChI=1S/C14H20N4O/c1-5-12-14(10(3)19)13(6-2)18(16-12)9-11-7-15-17(4)8-11/h7-8H,5-6,9H2,1-4H3. The van der Waals surface area contributed by atoms with Crippen LogP contribution in [-0.2, 0) is 26.4 Å². The van der Waals surface area contributed by atoms with Crippen LogP contribution in [0.15, 0.2) is 12.4 Å². The second-order valence-electron chi connectivity index (χ2n) is 4.71. The zero-order chi connectivity index (χ0) is 14.0. The minimum absolute atomic E-state index is 0.103. The molecule has 2 heterocycles. The van der Waals surface area contributed by atoms with Crippen molar-refractivity contribution in [1.29, 1.82) is 0 Å². The molecule has 5 heteroatoms. The summed E-state index contributed by atoms with van der Waals surface area (Å²) < 4.78 is 3.71. The average molecular weight is 260 g/mol. The maximum atomic E-state index is 11.8. The largest absolute Gasteiger partial charge is 0.294 e. The Labute approximate surface area is 113 Å². The van der Waals surface area contributed by atoms with Gasteiger partial charge >= 0.3 is 0 Å². The Hall–Kier alpha value is -1.91. The molecule has 102 valence electrons. The van der Waals surface area contributed by atoms with Crippen LogP contribution in [0.3, 0.4) is 0 Å². The van der Waals surface area contributed by atoms with Crippen LogP contribution >= 0.6 is 0 Å². The third kappa shape index (κ3) is 2.59. The third-order valence-electron chi connectivity index (χ3n) is 3.24. The highest BCUT2D eigenvalue weighted by molar-refractivity contribution is 5.96. The first-order valence-corrected chi connectivity index (χ1v) is 6.63. The number of carbonyl (C=O) groups is 1. The van der Waals surface area contributed by atoms with Crippen molar-refractivity contribution in [3.63, 3.8) is 0 Å². The molecule has 0 N–H and O–H groups in total. The number of hydrogen-bond acceptors (Lipinski definition) is 3. The molecule has 0 atom stereocenters. The molecule has 0 aliphatic carbocycles. The molecule has 0 aliphatic rings. The number of nitrogens with zero attached hydrogens (tertiary/aromatic N) is 4. The Morgan fingerprint density at radius 2 is 2.05 bits per heavy atom. The molecule has 0 unspecified atom stereocenters. The molecule has 0 aromatic carbocycles. The first-order chi connectivity index (χ1) is 9.06. The van der Waals surface area contributed by atoms with E-state index in [4.69, 9.17) is 0 Å². The molecule has 0 saturated heterocycles. The monoisotopic (exact) mass is 260 g/mol. The van der Waals surface area contributed by atoms with E-state index in [2.05, 4.69) is 17.1 Å². The summed E-state index contributed by atoms with van der Waals surface area (Å²) in [4.78, 5) is 11.8. The van der Waals surface area contributed by atoms with Gasteiger partial charge in [0.05, 0.1) is 24.0 Å². The van der Waals surface area contributed by atoms with Gasteiger partial charge in [-0.3, -0.25) is 14.2 Å². The predicted octanol–water partition coefficient (Wildman–Crippen LogP) is 1.99. The molecule has 0 fully saturated rings. The van der Waals surface area contributed by atoms with Crippen molar-refractivity contribution < 1.29 is 4.79 Å². The van der Waals surface area contributed by atoms with E-state index in [1.165, 1.54) is 0 Å². The van der Waals surface area contributed by atoms with Gasteiger partial charge in [0.2, 0.25) is 0 Å². The van der Waals surface area contributed by atoms with Gasteiger partial charge < -0.3 is 0 Å². The minimum Gasteiger partial charge on any atom is -0.294 e. The van der Waals surface area contributed by atoms with Gasteiger partial charge in [0.1, 0.15) is 0 Å². The lowest BCUT2D eigenvalue weighted by Crippen LogP contribution is -2.07. The zero-order valence-electron chi connectivity index (χ0n) is 12.0. The van der Waals surface area contributed by atoms with Crippen molar-refractivity contribution in [1.82, 2.24) is 19.6 Å². The van der Waals surface area contributed by atoms with Gasteiger partial charge in [-0.05, 0) is 19.8 Å². The van der Waals surface area contributed by atoms with E-state index in [-0.39, 0.29) is 5.78 Å². The minimum atomic E-state index is 0.103. The Morgan fingerprint density at radius 3 is 2.53 bits per heavy atom. The zero-order valence-corrected chi connectivity index (χ0v) is 12.0. The number of aromatic nitrogens is 4. The number of Topliss-reactive ketones (excluding diaryl/α,β-unsaturated/α-hetero) is 1. The van der Waals surface area contributed by atoms with Crippen LogP contribution in [0.1, 0.15) is 48.1 Å². The molecule has 5 nitrogen and oxygen atoms in total. The lowest BCUT2D eigenvalue weighted by molar-refractivity contribution is 0.101. The fourth-order valence-corrected chi connectivity index (χ4v) is 2.42. The molecule has 2 rings (SSSR count). The maximum Gasteiger partial charge on any atom is 0.163 e. The summed E-state index contributed by atoms with van der Waals surface area (Å²) in [5.41, 5.74) is 3.81. The Kier molecular flexibility index (Phi) is 3.83. The van der Waals surface area contributed by atoms with Crippen LogP contribution in [0.2, 0.25) is 0 Å². The van der Waals surface area contributed by atoms with Crippen molar-refractivity contribution in [2.24, 2.45) is 7.05 Å². The number of aryl methyl sites for hydroxylation is 2. The van der Waals surface area contributed by atoms with Crippen LogP contribution in [0.5, 0.6) is 0 Å². The first-order valence-electron chi connectivity index (χ1n) is 6.63. The van der Waals surface area contributed by atoms with Gasteiger partial charge in [0.25, 0.3) is 0 Å². The molecule has 19 heavy (non-hydrogen) atoms. The van der Waals surface area contributed by atoms with Crippen LogP contribution in [0.25, 0.3) is 0 Å². The number of ketones is 1. The molecule has 0 radical (unpaired) electrons. The van der Waals surface area contributed by atoms with Crippen LogP contribution in [-0.4, -0.2) is 25.3 Å². The molecule has 2 aromatic heterocycles. The quantitative estimate of drug-likeness (QED) is 0.773. The highest BCUT2D eigenvalue weighted by atomic mass is 16.1.